The molecule has 24 heavy (non-hydrogen) atoms. The van der Waals surface area contributed by atoms with Gasteiger partial charge in [-0.2, -0.15) is 0 Å². The van der Waals surface area contributed by atoms with E-state index in [0.717, 1.165) is 24.0 Å². The zero-order chi connectivity index (χ0) is 17.3. The molecule has 1 aliphatic rings. The molecule has 0 unspecified atom stereocenters. The molecule has 0 radical (unpaired) electrons. The van der Waals surface area contributed by atoms with Crippen molar-refractivity contribution in [1.29, 1.82) is 0 Å². The zero-order valence-corrected chi connectivity index (χ0v) is 14.5. The molecular weight excluding hydrogens is 304 g/mol. The quantitative estimate of drug-likeness (QED) is 0.939. The second-order valence-corrected chi connectivity index (χ2v) is 7.18. The van der Waals surface area contributed by atoms with Crippen LogP contribution in [0.4, 0.5) is 0 Å². The topological polar surface area (TPSA) is 66.6 Å². The SMILES string of the molecule is Cc1ccc(-c2oncc2C(=O)N2CCC[C@H](C(C)(C)O)C2)cc1. The van der Waals surface area contributed by atoms with Gasteiger partial charge in [-0.25, -0.2) is 0 Å². The number of hydrogen-bond donors (Lipinski definition) is 1. The Labute approximate surface area is 142 Å². The van der Waals surface area contributed by atoms with E-state index in [1.807, 2.05) is 45.0 Å². The van der Waals surface area contributed by atoms with Gasteiger partial charge in [0.1, 0.15) is 5.56 Å². The van der Waals surface area contributed by atoms with Crippen LogP contribution in [-0.4, -0.2) is 39.8 Å². The monoisotopic (exact) mass is 328 g/mol. The van der Waals surface area contributed by atoms with Crippen LogP contribution in [0.1, 0.15) is 42.6 Å². The minimum atomic E-state index is -0.784. The molecule has 1 aromatic heterocycles. The molecule has 0 bridgehead atoms. The highest BCUT2D eigenvalue weighted by molar-refractivity contribution is 5.99. The molecule has 1 N–H and O–H groups in total. The van der Waals surface area contributed by atoms with Crippen LogP contribution < -0.4 is 0 Å². The number of nitrogens with zero attached hydrogens (tertiary/aromatic N) is 2. The van der Waals surface area contributed by atoms with Crippen LogP contribution in [0, 0.1) is 12.8 Å². The first-order valence-corrected chi connectivity index (χ1v) is 8.39. The second-order valence-electron chi connectivity index (χ2n) is 7.18. The Morgan fingerprint density at radius 2 is 2.04 bits per heavy atom. The third kappa shape index (κ3) is 3.36. The van der Waals surface area contributed by atoms with Gasteiger partial charge in [-0.1, -0.05) is 35.0 Å². The molecule has 5 heteroatoms. The Hall–Kier alpha value is -2.14. The first-order chi connectivity index (χ1) is 11.4. The van der Waals surface area contributed by atoms with E-state index in [0.29, 0.717) is 24.4 Å². The zero-order valence-electron chi connectivity index (χ0n) is 14.5. The van der Waals surface area contributed by atoms with E-state index in [9.17, 15) is 9.90 Å². The summed E-state index contributed by atoms with van der Waals surface area (Å²) >= 11 is 0. The summed E-state index contributed by atoms with van der Waals surface area (Å²) in [5.41, 5.74) is 1.69. The normalized spacial score (nSPS) is 18.7. The van der Waals surface area contributed by atoms with Gasteiger partial charge >= 0.3 is 0 Å². The number of likely N-dealkylation sites (tertiary alicyclic amines) is 1. The molecule has 1 saturated heterocycles. The highest BCUT2D eigenvalue weighted by Crippen LogP contribution is 2.30. The van der Waals surface area contributed by atoms with Crippen LogP contribution in [-0.2, 0) is 0 Å². The molecule has 2 heterocycles. The summed E-state index contributed by atoms with van der Waals surface area (Å²) in [6, 6.07) is 7.83. The van der Waals surface area contributed by atoms with Crippen molar-refractivity contribution in [1.82, 2.24) is 10.1 Å². The lowest BCUT2D eigenvalue weighted by Crippen LogP contribution is -2.46. The van der Waals surface area contributed by atoms with E-state index in [1.165, 1.54) is 6.20 Å². The maximum atomic E-state index is 12.9. The Morgan fingerprint density at radius 3 is 2.71 bits per heavy atom. The predicted octanol–water partition coefficient (Wildman–Crippen LogP) is 3.27. The minimum Gasteiger partial charge on any atom is -0.390 e. The minimum absolute atomic E-state index is 0.0814. The van der Waals surface area contributed by atoms with E-state index in [4.69, 9.17) is 4.52 Å². The molecule has 1 aromatic carbocycles. The summed E-state index contributed by atoms with van der Waals surface area (Å²) in [6.45, 7) is 6.89. The number of aliphatic hydroxyl groups is 1. The van der Waals surface area contributed by atoms with Gasteiger partial charge in [0.25, 0.3) is 5.91 Å². The van der Waals surface area contributed by atoms with Gasteiger partial charge in [-0.3, -0.25) is 4.79 Å². The highest BCUT2D eigenvalue weighted by atomic mass is 16.5. The average molecular weight is 328 g/mol. The van der Waals surface area contributed by atoms with Crippen molar-refractivity contribution >= 4 is 5.91 Å². The summed E-state index contributed by atoms with van der Waals surface area (Å²) in [6.07, 6.45) is 3.32. The molecule has 128 valence electrons. The van der Waals surface area contributed by atoms with Crippen molar-refractivity contribution in [2.45, 2.75) is 39.2 Å². The summed E-state index contributed by atoms with van der Waals surface area (Å²) in [5, 5.41) is 14.1. The lowest BCUT2D eigenvalue weighted by molar-refractivity contribution is -0.0146. The fourth-order valence-electron chi connectivity index (χ4n) is 3.21. The van der Waals surface area contributed by atoms with Crippen molar-refractivity contribution in [3.8, 4) is 11.3 Å². The van der Waals surface area contributed by atoms with E-state index in [-0.39, 0.29) is 11.8 Å². The molecule has 0 aliphatic carbocycles. The van der Waals surface area contributed by atoms with E-state index >= 15 is 0 Å². The molecule has 2 aromatic rings. The number of carbonyl (C=O) groups excluding carboxylic acids is 1. The predicted molar refractivity (Wildman–Crippen MR) is 91.6 cm³/mol. The van der Waals surface area contributed by atoms with Gasteiger partial charge in [-0.05, 0) is 33.6 Å². The lowest BCUT2D eigenvalue weighted by atomic mass is 9.84. The number of aromatic nitrogens is 1. The Bertz CT molecular complexity index is 713. The number of rotatable bonds is 3. The van der Waals surface area contributed by atoms with Crippen LogP contribution >= 0.6 is 0 Å². The van der Waals surface area contributed by atoms with Gasteiger partial charge < -0.3 is 14.5 Å². The number of benzene rings is 1. The van der Waals surface area contributed by atoms with Gasteiger partial charge in [0.15, 0.2) is 5.76 Å². The molecule has 1 amide bonds. The summed E-state index contributed by atoms with van der Waals surface area (Å²) in [4.78, 5) is 14.7. The largest absolute Gasteiger partial charge is 0.390 e. The van der Waals surface area contributed by atoms with Crippen molar-refractivity contribution in [3.05, 3.63) is 41.6 Å². The Kier molecular flexibility index (Phi) is 4.45. The standard InChI is InChI=1S/C19H24N2O3/c1-13-6-8-14(9-7-13)17-16(11-20-24-17)18(22)21-10-4-5-15(12-21)19(2,3)23/h6-9,11,15,23H,4-5,10,12H2,1-3H3/t15-/m0/s1. The maximum Gasteiger partial charge on any atom is 0.259 e. The fraction of sp³-hybridized carbons (Fsp3) is 0.474. The van der Waals surface area contributed by atoms with Gasteiger partial charge in [-0.15, -0.1) is 0 Å². The van der Waals surface area contributed by atoms with E-state index in [2.05, 4.69) is 5.16 Å². The molecule has 1 aliphatic heterocycles. The number of piperidine rings is 1. The fourth-order valence-corrected chi connectivity index (χ4v) is 3.21. The van der Waals surface area contributed by atoms with Gasteiger partial charge in [0, 0.05) is 24.6 Å². The van der Waals surface area contributed by atoms with Crippen molar-refractivity contribution in [3.63, 3.8) is 0 Å². The van der Waals surface area contributed by atoms with Crippen LogP contribution in [0.25, 0.3) is 11.3 Å². The molecule has 0 saturated carbocycles. The van der Waals surface area contributed by atoms with Crippen molar-refractivity contribution in [2.75, 3.05) is 13.1 Å². The van der Waals surface area contributed by atoms with Gasteiger partial charge in [0.2, 0.25) is 0 Å². The third-order valence-corrected chi connectivity index (χ3v) is 4.82. The first-order valence-electron chi connectivity index (χ1n) is 8.39. The number of carbonyl (C=O) groups is 1. The van der Waals surface area contributed by atoms with Crippen LogP contribution in [0.15, 0.2) is 35.0 Å². The van der Waals surface area contributed by atoms with Crippen molar-refractivity contribution in [2.24, 2.45) is 5.92 Å². The highest BCUT2D eigenvalue weighted by Gasteiger charge is 2.34. The molecular formula is C19H24N2O3. The summed E-state index contributed by atoms with van der Waals surface area (Å²) in [5.74, 6) is 0.504. The smallest absolute Gasteiger partial charge is 0.259 e. The summed E-state index contributed by atoms with van der Waals surface area (Å²) in [7, 11) is 0. The first kappa shape index (κ1) is 16.7. The third-order valence-electron chi connectivity index (χ3n) is 4.82. The van der Waals surface area contributed by atoms with Crippen molar-refractivity contribution < 1.29 is 14.4 Å². The van der Waals surface area contributed by atoms with Crippen LogP contribution in [0.3, 0.4) is 0 Å². The molecule has 5 nitrogen and oxygen atoms in total. The molecule has 1 atom stereocenters. The lowest BCUT2D eigenvalue weighted by Gasteiger charge is -2.38. The molecule has 1 fully saturated rings. The molecule has 0 spiro atoms. The number of amides is 1. The average Bonchev–Trinajstić information content (AvgIpc) is 3.04. The van der Waals surface area contributed by atoms with E-state index in [1.54, 1.807) is 4.90 Å². The summed E-state index contributed by atoms with van der Waals surface area (Å²) < 4.78 is 5.35. The molecule has 3 rings (SSSR count). The number of aryl methyl sites for hydroxylation is 1. The second kappa shape index (κ2) is 6.40. The Balaban J connectivity index is 1.83. The maximum absolute atomic E-state index is 12.9. The Morgan fingerprint density at radius 1 is 1.33 bits per heavy atom. The number of hydrogen-bond acceptors (Lipinski definition) is 4. The van der Waals surface area contributed by atoms with Crippen LogP contribution in [0.2, 0.25) is 0 Å². The van der Waals surface area contributed by atoms with E-state index < -0.39 is 5.60 Å². The van der Waals surface area contributed by atoms with Gasteiger partial charge in [0.05, 0.1) is 11.8 Å². The van der Waals surface area contributed by atoms with Crippen LogP contribution in [0.5, 0.6) is 0 Å².